The van der Waals surface area contributed by atoms with Crippen LogP contribution >= 0.6 is 11.3 Å². The van der Waals surface area contributed by atoms with E-state index in [0.29, 0.717) is 24.9 Å². The minimum atomic E-state index is -4.37. The Balaban J connectivity index is 1.68. The summed E-state index contributed by atoms with van der Waals surface area (Å²) < 4.78 is 39.8. The second kappa shape index (κ2) is 8.07. The highest BCUT2D eigenvalue weighted by Crippen LogP contribution is 2.41. The Bertz CT molecular complexity index is 882. The summed E-state index contributed by atoms with van der Waals surface area (Å²) >= 11 is 1.57. The molecule has 1 N–H and O–H groups in total. The Morgan fingerprint density at radius 1 is 1.31 bits per heavy atom. The minimum Gasteiger partial charge on any atom is -0.352 e. The monoisotopic (exact) mass is 423 g/mol. The molecule has 2 saturated heterocycles. The van der Waals surface area contributed by atoms with Crippen molar-refractivity contribution in [3.63, 3.8) is 0 Å². The Morgan fingerprint density at radius 3 is 2.86 bits per heavy atom. The van der Waals surface area contributed by atoms with Gasteiger partial charge in [0, 0.05) is 36.5 Å². The number of hydrogen-bond acceptors (Lipinski definition) is 4. The molecule has 1 amide bonds. The van der Waals surface area contributed by atoms with Gasteiger partial charge in [-0.05, 0) is 43.9 Å². The predicted octanol–water partition coefficient (Wildman–Crippen LogP) is 4.84. The molecule has 0 unspecified atom stereocenters. The van der Waals surface area contributed by atoms with Crippen LogP contribution in [0.3, 0.4) is 0 Å². The number of carbonyl (C=O) groups excluding carboxylic acids is 1. The van der Waals surface area contributed by atoms with E-state index in [1.807, 2.05) is 12.3 Å². The fourth-order valence-corrected chi connectivity index (χ4v) is 5.18. The number of amides is 1. The zero-order valence-corrected chi connectivity index (χ0v) is 17.0. The lowest BCUT2D eigenvalue weighted by molar-refractivity contribution is -0.137. The number of carbonyl (C=O) groups is 1. The van der Waals surface area contributed by atoms with Crippen LogP contribution in [0.1, 0.15) is 60.0 Å². The maximum Gasteiger partial charge on any atom is 0.416 e. The Hall–Kier alpha value is -1.93. The van der Waals surface area contributed by atoms with Crippen molar-refractivity contribution in [3.05, 3.63) is 51.5 Å². The van der Waals surface area contributed by atoms with Gasteiger partial charge in [-0.1, -0.05) is 18.6 Å². The summed E-state index contributed by atoms with van der Waals surface area (Å²) in [6.07, 6.45) is -0.544. The molecule has 1 aromatic heterocycles. The lowest BCUT2D eigenvalue weighted by Crippen LogP contribution is -2.46. The molecule has 29 heavy (non-hydrogen) atoms. The number of rotatable bonds is 3. The largest absolute Gasteiger partial charge is 0.416 e. The number of fused-ring (bicyclic) bond motifs is 1. The van der Waals surface area contributed by atoms with Crippen molar-refractivity contribution in [1.29, 1.82) is 0 Å². The normalized spacial score (nSPS) is 25.9. The number of likely N-dealkylation sites (tertiary alicyclic amines) is 1. The van der Waals surface area contributed by atoms with E-state index in [0.717, 1.165) is 36.0 Å². The fraction of sp³-hybridized carbons (Fsp3) is 0.524. The summed E-state index contributed by atoms with van der Waals surface area (Å²) in [7, 11) is 0. The summed E-state index contributed by atoms with van der Waals surface area (Å²) in [5.74, 6) is 0.0360. The number of thiazole rings is 1. The number of benzene rings is 1. The standard InChI is InChI=1S/C21H24F3N3OS/c1-13-25-16(12-29-13)11-27-18-7-2-3-8-20(28)26-17(18)10-19(27)14-5-4-6-15(9-14)21(22,23)24/h4-6,9,12,17-19H,2-3,7-8,10-11H2,1H3,(H,26,28)/t17-,18+,19+/m1/s1. The molecule has 3 atom stereocenters. The van der Waals surface area contributed by atoms with Crippen LogP contribution in [-0.4, -0.2) is 27.9 Å². The first kappa shape index (κ1) is 20.3. The van der Waals surface area contributed by atoms with Gasteiger partial charge in [0.1, 0.15) is 0 Å². The summed E-state index contributed by atoms with van der Waals surface area (Å²) in [5, 5.41) is 6.10. The molecule has 2 aromatic rings. The van der Waals surface area contributed by atoms with E-state index in [-0.39, 0.29) is 24.0 Å². The quantitative estimate of drug-likeness (QED) is 0.768. The number of hydrogen-bond donors (Lipinski definition) is 1. The Labute approximate surface area is 172 Å². The molecule has 2 aliphatic heterocycles. The van der Waals surface area contributed by atoms with E-state index < -0.39 is 11.7 Å². The Morgan fingerprint density at radius 2 is 2.14 bits per heavy atom. The van der Waals surface area contributed by atoms with Crippen LogP contribution < -0.4 is 5.32 Å². The van der Waals surface area contributed by atoms with Crippen LogP contribution in [0.2, 0.25) is 0 Å². The van der Waals surface area contributed by atoms with Gasteiger partial charge in [0.25, 0.3) is 0 Å². The zero-order chi connectivity index (χ0) is 20.6. The van der Waals surface area contributed by atoms with Gasteiger partial charge in [0.05, 0.1) is 16.3 Å². The molecule has 0 radical (unpaired) electrons. The topological polar surface area (TPSA) is 45.2 Å². The zero-order valence-electron chi connectivity index (χ0n) is 16.2. The van der Waals surface area contributed by atoms with Crippen molar-refractivity contribution in [2.45, 2.75) is 69.9 Å². The average Bonchev–Trinajstić information content (AvgIpc) is 3.20. The second-order valence-electron chi connectivity index (χ2n) is 7.89. The van der Waals surface area contributed by atoms with E-state index in [1.165, 1.54) is 12.1 Å². The van der Waals surface area contributed by atoms with Crippen LogP contribution in [0.5, 0.6) is 0 Å². The molecule has 0 saturated carbocycles. The molecular weight excluding hydrogens is 399 g/mol. The molecule has 4 rings (SSSR count). The molecule has 2 aliphatic rings. The third-order valence-electron chi connectivity index (χ3n) is 5.88. The number of nitrogens with zero attached hydrogens (tertiary/aromatic N) is 2. The third-order valence-corrected chi connectivity index (χ3v) is 6.70. The van der Waals surface area contributed by atoms with Crippen molar-refractivity contribution in [1.82, 2.24) is 15.2 Å². The molecule has 0 aliphatic carbocycles. The first-order chi connectivity index (χ1) is 13.8. The molecule has 8 heteroatoms. The van der Waals surface area contributed by atoms with Crippen molar-refractivity contribution < 1.29 is 18.0 Å². The highest BCUT2D eigenvalue weighted by atomic mass is 32.1. The van der Waals surface area contributed by atoms with Crippen molar-refractivity contribution in [2.24, 2.45) is 0 Å². The van der Waals surface area contributed by atoms with E-state index in [9.17, 15) is 18.0 Å². The van der Waals surface area contributed by atoms with Crippen molar-refractivity contribution >= 4 is 17.2 Å². The van der Waals surface area contributed by atoms with E-state index in [2.05, 4.69) is 15.2 Å². The first-order valence-electron chi connectivity index (χ1n) is 9.94. The van der Waals surface area contributed by atoms with Gasteiger partial charge in [0.15, 0.2) is 0 Å². The summed E-state index contributed by atoms with van der Waals surface area (Å²) in [5.41, 5.74) is 0.944. The minimum absolute atomic E-state index is 0.0360. The van der Waals surface area contributed by atoms with E-state index in [4.69, 9.17) is 0 Å². The first-order valence-corrected chi connectivity index (χ1v) is 10.8. The molecule has 4 nitrogen and oxygen atoms in total. The molecule has 2 fully saturated rings. The number of nitrogens with one attached hydrogen (secondary N) is 1. The molecular formula is C21H24F3N3OS. The summed E-state index contributed by atoms with van der Waals surface area (Å²) in [4.78, 5) is 19.0. The van der Waals surface area contributed by atoms with Gasteiger partial charge < -0.3 is 5.32 Å². The molecule has 0 bridgehead atoms. The lowest BCUT2D eigenvalue weighted by atomic mass is 9.97. The van der Waals surface area contributed by atoms with Crippen LogP contribution in [0.15, 0.2) is 29.6 Å². The van der Waals surface area contributed by atoms with E-state index in [1.54, 1.807) is 17.4 Å². The number of aryl methyl sites for hydroxylation is 1. The summed E-state index contributed by atoms with van der Waals surface area (Å²) in [6, 6.07) is 5.46. The van der Waals surface area contributed by atoms with Crippen molar-refractivity contribution in [2.75, 3.05) is 0 Å². The third kappa shape index (κ3) is 4.48. The van der Waals surface area contributed by atoms with E-state index >= 15 is 0 Å². The smallest absolute Gasteiger partial charge is 0.352 e. The SMILES string of the molecule is Cc1nc(CN2[C@H](c3cccc(C(F)(F)F)c3)C[C@H]3NC(=O)CCCC[C@@H]32)cs1. The van der Waals surface area contributed by atoms with Gasteiger partial charge >= 0.3 is 6.18 Å². The lowest BCUT2D eigenvalue weighted by Gasteiger charge is -2.32. The van der Waals surface area contributed by atoms with Crippen molar-refractivity contribution in [3.8, 4) is 0 Å². The number of halogens is 3. The highest BCUT2D eigenvalue weighted by molar-refractivity contribution is 7.09. The van der Waals surface area contributed by atoms with Crippen LogP contribution in [0.4, 0.5) is 13.2 Å². The Kier molecular flexibility index (Phi) is 5.66. The molecule has 1 aromatic carbocycles. The van der Waals surface area contributed by atoms with Gasteiger partial charge in [0.2, 0.25) is 5.91 Å². The van der Waals surface area contributed by atoms with Crippen LogP contribution in [0, 0.1) is 6.92 Å². The number of alkyl halides is 3. The van der Waals surface area contributed by atoms with Gasteiger partial charge in [-0.2, -0.15) is 13.2 Å². The van der Waals surface area contributed by atoms with Crippen LogP contribution in [0.25, 0.3) is 0 Å². The average molecular weight is 424 g/mol. The predicted molar refractivity (Wildman–Crippen MR) is 105 cm³/mol. The van der Waals surface area contributed by atoms with Gasteiger partial charge in [-0.25, -0.2) is 4.98 Å². The fourth-order valence-electron chi connectivity index (χ4n) is 4.58. The molecule has 156 valence electrons. The van der Waals surface area contributed by atoms with Gasteiger partial charge in [-0.3, -0.25) is 9.69 Å². The maximum atomic E-state index is 13.3. The second-order valence-corrected chi connectivity index (χ2v) is 8.95. The number of aromatic nitrogens is 1. The summed E-state index contributed by atoms with van der Waals surface area (Å²) in [6.45, 7) is 2.52. The molecule has 3 heterocycles. The van der Waals surface area contributed by atoms with Crippen LogP contribution in [-0.2, 0) is 17.5 Å². The highest BCUT2D eigenvalue weighted by Gasteiger charge is 2.43. The van der Waals surface area contributed by atoms with Gasteiger partial charge in [-0.15, -0.1) is 11.3 Å². The maximum absolute atomic E-state index is 13.3. The molecule has 0 spiro atoms.